The minimum Gasteiger partial charge on any atom is -0.466 e. The lowest BCUT2D eigenvalue weighted by molar-refractivity contribution is -0.930. The molecule has 0 bridgehead atoms. The third kappa shape index (κ3) is 4.70. The second-order valence-corrected chi connectivity index (χ2v) is 8.92. The Morgan fingerprint density at radius 1 is 1.30 bits per heavy atom. The summed E-state index contributed by atoms with van der Waals surface area (Å²) in [5.41, 5.74) is 1.18. The lowest BCUT2D eigenvalue weighted by Crippen LogP contribution is -3.13. The van der Waals surface area contributed by atoms with Gasteiger partial charge in [-0.05, 0) is 33.6 Å². The molecule has 0 amide bonds. The highest BCUT2D eigenvalue weighted by Gasteiger charge is 2.33. The predicted molar refractivity (Wildman–Crippen MR) is 102 cm³/mol. The average Bonchev–Trinajstić information content (AvgIpc) is 2.90. The van der Waals surface area contributed by atoms with Crippen LogP contribution in [0.3, 0.4) is 0 Å². The fourth-order valence-corrected chi connectivity index (χ4v) is 5.70. The standard InChI is InChI=1S/C18H32N4O4S/c1-6-21(7-2)27(24,25)17-14(4)19-22(15(17)5)13-20-11-9-10-16(12-20)18(23)26-8-3/h16H,6-13H2,1-5H3/p+1/t16-/m1/s1. The summed E-state index contributed by atoms with van der Waals surface area (Å²) < 4.78 is 34.3. The van der Waals surface area contributed by atoms with Gasteiger partial charge in [-0.25, -0.2) is 13.1 Å². The Morgan fingerprint density at radius 3 is 2.56 bits per heavy atom. The van der Waals surface area contributed by atoms with Gasteiger partial charge in [-0.2, -0.15) is 9.40 Å². The van der Waals surface area contributed by atoms with Gasteiger partial charge in [-0.15, -0.1) is 0 Å². The zero-order chi connectivity index (χ0) is 20.2. The number of hydrogen-bond donors (Lipinski definition) is 1. The van der Waals surface area contributed by atoms with Crippen molar-refractivity contribution in [2.75, 3.05) is 32.8 Å². The average molecular weight is 402 g/mol. The number of esters is 1. The largest absolute Gasteiger partial charge is 0.466 e. The Labute approximate surface area is 162 Å². The first-order chi connectivity index (χ1) is 12.8. The predicted octanol–water partition coefficient (Wildman–Crippen LogP) is 0.346. The van der Waals surface area contributed by atoms with Crippen LogP contribution in [0.15, 0.2) is 4.90 Å². The van der Waals surface area contributed by atoms with Crippen LogP contribution < -0.4 is 4.90 Å². The summed E-state index contributed by atoms with van der Waals surface area (Å²) in [7, 11) is -3.55. The van der Waals surface area contributed by atoms with Crippen molar-refractivity contribution in [1.82, 2.24) is 14.1 Å². The van der Waals surface area contributed by atoms with Crippen LogP contribution in [-0.2, 0) is 26.2 Å². The normalized spacial score (nSPS) is 20.8. The Bertz CT molecular complexity index is 756. The maximum atomic E-state index is 13.0. The van der Waals surface area contributed by atoms with E-state index in [0.29, 0.717) is 49.2 Å². The van der Waals surface area contributed by atoms with Crippen LogP contribution in [0.25, 0.3) is 0 Å². The first-order valence-electron chi connectivity index (χ1n) is 9.80. The molecule has 1 aromatic heterocycles. The van der Waals surface area contributed by atoms with Crippen LogP contribution >= 0.6 is 0 Å². The number of aryl methyl sites for hydroxylation is 1. The number of rotatable bonds is 8. The van der Waals surface area contributed by atoms with E-state index >= 15 is 0 Å². The molecule has 1 aliphatic rings. The van der Waals surface area contributed by atoms with Gasteiger partial charge in [-0.1, -0.05) is 13.8 Å². The van der Waals surface area contributed by atoms with Crippen LogP contribution in [0.4, 0.5) is 0 Å². The molecule has 0 aromatic carbocycles. The molecule has 1 aromatic rings. The molecule has 9 heteroatoms. The number of carbonyl (C=O) groups excluding carboxylic acids is 1. The summed E-state index contributed by atoms with van der Waals surface area (Å²) in [5.74, 6) is -0.225. The number of nitrogens with zero attached hydrogens (tertiary/aromatic N) is 3. The monoisotopic (exact) mass is 401 g/mol. The van der Waals surface area contributed by atoms with Gasteiger partial charge in [0.05, 0.1) is 31.1 Å². The highest BCUT2D eigenvalue weighted by molar-refractivity contribution is 7.89. The van der Waals surface area contributed by atoms with Crippen LogP contribution in [0.1, 0.15) is 45.0 Å². The summed E-state index contributed by atoms with van der Waals surface area (Å²) in [6.45, 7) is 12.5. The Hall–Kier alpha value is -1.45. The third-order valence-electron chi connectivity index (χ3n) is 5.23. The Balaban J connectivity index is 2.20. The molecule has 1 N–H and O–H groups in total. The fourth-order valence-electron chi connectivity index (χ4n) is 3.87. The summed E-state index contributed by atoms with van der Waals surface area (Å²) in [5, 5.41) is 4.50. The number of likely N-dealkylation sites (tertiary alicyclic amines) is 1. The molecule has 0 spiro atoms. The number of sulfonamides is 1. The smallest absolute Gasteiger partial charge is 0.314 e. The molecule has 8 nitrogen and oxygen atoms in total. The minimum absolute atomic E-state index is 0.0930. The van der Waals surface area contributed by atoms with Gasteiger partial charge in [0.1, 0.15) is 10.8 Å². The second kappa shape index (κ2) is 9.16. The number of ether oxygens (including phenoxy) is 1. The van der Waals surface area contributed by atoms with Gasteiger partial charge in [0.2, 0.25) is 10.0 Å². The second-order valence-electron chi connectivity index (χ2n) is 7.04. The van der Waals surface area contributed by atoms with Crippen molar-refractivity contribution < 1.29 is 22.8 Å². The molecule has 0 aliphatic carbocycles. The SMILES string of the molecule is CCOC(=O)[C@@H]1CCC[NH+](Cn2nc(C)c(S(=O)(=O)N(CC)CC)c2C)C1. The van der Waals surface area contributed by atoms with Crippen molar-refractivity contribution in [3.8, 4) is 0 Å². The van der Waals surface area contributed by atoms with Crippen LogP contribution in [0.2, 0.25) is 0 Å². The lowest BCUT2D eigenvalue weighted by atomic mass is 9.99. The van der Waals surface area contributed by atoms with E-state index in [4.69, 9.17) is 4.74 Å². The van der Waals surface area contributed by atoms with Crippen molar-refractivity contribution in [3.63, 3.8) is 0 Å². The van der Waals surface area contributed by atoms with E-state index < -0.39 is 10.0 Å². The number of hydrogen-bond acceptors (Lipinski definition) is 5. The van der Waals surface area contributed by atoms with E-state index in [2.05, 4.69) is 5.10 Å². The van der Waals surface area contributed by atoms with E-state index in [1.807, 2.05) is 27.7 Å². The van der Waals surface area contributed by atoms with Gasteiger partial charge >= 0.3 is 5.97 Å². The van der Waals surface area contributed by atoms with Crippen LogP contribution in [0, 0.1) is 19.8 Å². The maximum Gasteiger partial charge on any atom is 0.314 e. The lowest BCUT2D eigenvalue weighted by Gasteiger charge is -2.28. The first-order valence-corrected chi connectivity index (χ1v) is 11.2. The minimum atomic E-state index is -3.55. The highest BCUT2D eigenvalue weighted by atomic mass is 32.2. The van der Waals surface area contributed by atoms with E-state index in [1.54, 1.807) is 11.6 Å². The summed E-state index contributed by atoms with van der Waals surface area (Å²) in [6.07, 6.45) is 1.80. The molecule has 2 atom stereocenters. The molecule has 27 heavy (non-hydrogen) atoms. The third-order valence-corrected chi connectivity index (χ3v) is 7.53. The molecule has 1 aliphatic heterocycles. The first kappa shape index (κ1) is 21.8. The van der Waals surface area contributed by atoms with Crippen molar-refractivity contribution in [2.24, 2.45) is 5.92 Å². The molecule has 0 saturated carbocycles. The van der Waals surface area contributed by atoms with Crippen molar-refractivity contribution in [1.29, 1.82) is 0 Å². The molecular weight excluding hydrogens is 368 g/mol. The summed E-state index contributed by atoms with van der Waals surface area (Å²) in [6, 6.07) is 0. The van der Waals surface area contributed by atoms with Crippen LogP contribution in [-0.4, -0.2) is 61.3 Å². The van der Waals surface area contributed by atoms with E-state index in [9.17, 15) is 13.2 Å². The van der Waals surface area contributed by atoms with E-state index in [1.165, 1.54) is 9.21 Å². The molecular formula is C18H33N4O4S+. The summed E-state index contributed by atoms with van der Waals surface area (Å²) in [4.78, 5) is 13.6. The molecule has 2 heterocycles. The Kier molecular flexibility index (Phi) is 7.41. The number of piperidine rings is 1. The van der Waals surface area contributed by atoms with Crippen molar-refractivity contribution in [3.05, 3.63) is 11.4 Å². The zero-order valence-corrected chi connectivity index (χ0v) is 17.9. The molecule has 154 valence electrons. The van der Waals surface area contributed by atoms with Crippen LogP contribution in [0.5, 0.6) is 0 Å². The van der Waals surface area contributed by atoms with Gasteiger partial charge in [0.25, 0.3) is 0 Å². The number of aromatic nitrogens is 2. The van der Waals surface area contributed by atoms with Gasteiger partial charge < -0.3 is 9.64 Å². The zero-order valence-electron chi connectivity index (χ0n) is 17.1. The van der Waals surface area contributed by atoms with E-state index in [0.717, 1.165) is 19.4 Å². The van der Waals surface area contributed by atoms with Gasteiger partial charge in [-0.3, -0.25) is 4.79 Å². The topological polar surface area (TPSA) is 85.9 Å². The van der Waals surface area contributed by atoms with Crippen molar-refractivity contribution in [2.45, 2.75) is 59.0 Å². The molecule has 0 radical (unpaired) electrons. The number of nitrogens with one attached hydrogen (secondary N) is 1. The molecule has 1 fully saturated rings. The van der Waals surface area contributed by atoms with E-state index in [-0.39, 0.29) is 11.9 Å². The quantitative estimate of drug-likeness (QED) is 0.635. The van der Waals surface area contributed by atoms with Crippen molar-refractivity contribution >= 4 is 16.0 Å². The Morgan fingerprint density at radius 2 is 1.96 bits per heavy atom. The summed E-state index contributed by atoms with van der Waals surface area (Å²) >= 11 is 0. The van der Waals surface area contributed by atoms with Gasteiger partial charge in [0, 0.05) is 13.1 Å². The van der Waals surface area contributed by atoms with Gasteiger partial charge in [0.15, 0.2) is 6.67 Å². The molecule has 1 unspecified atom stereocenters. The highest BCUT2D eigenvalue weighted by Crippen LogP contribution is 2.23. The molecule has 2 rings (SSSR count). The fraction of sp³-hybridized carbons (Fsp3) is 0.778. The number of quaternary nitrogens is 1. The number of carbonyl (C=O) groups is 1. The molecule has 1 saturated heterocycles. The maximum absolute atomic E-state index is 13.0.